The number of nitriles is 1. The summed E-state index contributed by atoms with van der Waals surface area (Å²) in [7, 11) is 3.79. The number of piperazine rings is 1. The van der Waals surface area contributed by atoms with Gasteiger partial charge in [-0.3, -0.25) is 4.90 Å². The van der Waals surface area contributed by atoms with Gasteiger partial charge < -0.3 is 9.64 Å². The maximum Gasteiger partial charge on any atom is 0.173 e. The van der Waals surface area contributed by atoms with Gasteiger partial charge in [-0.25, -0.2) is 4.68 Å². The number of likely N-dealkylation sites (N-methyl/N-ethyl adjacent to an activating group) is 1. The Labute approximate surface area is 176 Å². The monoisotopic (exact) mass is 403 g/mol. The Hall–Kier alpha value is -3.28. The topological polar surface area (TPSA) is 83.1 Å². The summed E-state index contributed by atoms with van der Waals surface area (Å²) < 4.78 is 7.10. The molecule has 2 heterocycles. The Bertz CT molecular complexity index is 1020. The molecule has 1 saturated heterocycles. The van der Waals surface area contributed by atoms with Gasteiger partial charge in [-0.05, 0) is 52.9 Å². The molecule has 0 aliphatic carbocycles. The first-order valence-electron chi connectivity index (χ1n) is 9.99. The van der Waals surface area contributed by atoms with Gasteiger partial charge in [0.1, 0.15) is 5.75 Å². The molecule has 30 heavy (non-hydrogen) atoms. The summed E-state index contributed by atoms with van der Waals surface area (Å²) in [5, 5.41) is 22.1. The highest BCUT2D eigenvalue weighted by atomic mass is 16.5. The first kappa shape index (κ1) is 20.0. The first-order chi connectivity index (χ1) is 14.7. The highest BCUT2D eigenvalue weighted by Crippen LogP contribution is 2.29. The van der Waals surface area contributed by atoms with Crippen LogP contribution in [0.3, 0.4) is 0 Å². The van der Waals surface area contributed by atoms with Crippen molar-refractivity contribution in [3.63, 3.8) is 0 Å². The Kier molecular flexibility index (Phi) is 6.02. The zero-order chi connectivity index (χ0) is 20.9. The molecule has 154 valence electrons. The maximum absolute atomic E-state index is 9.39. The average Bonchev–Trinajstić information content (AvgIpc) is 3.23. The predicted molar refractivity (Wildman–Crippen MR) is 112 cm³/mol. The van der Waals surface area contributed by atoms with Crippen LogP contribution in [-0.2, 0) is 6.54 Å². The molecule has 1 atom stereocenters. The van der Waals surface area contributed by atoms with Crippen molar-refractivity contribution in [2.24, 2.45) is 0 Å². The van der Waals surface area contributed by atoms with E-state index in [9.17, 15) is 5.26 Å². The zero-order valence-corrected chi connectivity index (χ0v) is 17.3. The quantitative estimate of drug-likeness (QED) is 0.622. The number of aromatic nitrogens is 4. The normalized spacial score (nSPS) is 16.2. The molecule has 0 saturated carbocycles. The molecule has 0 bridgehead atoms. The number of benzene rings is 2. The largest absolute Gasteiger partial charge is 0.497 e. The minimum Gasteiger partial charge on any atom is -0.497 e. The molecule has 1 aliphatic heterocycles. The minimum atomic E-state index is -0.111. The summed E-state index contributed by atoms with van der Waals surface area (Å²) >= 11 is 0. The molecular formula is C22H25N7O. The van der Waals surface area contributed by atoms with Crippen LogP contribution < -0.4 is 4.74 Å². The summed E-state index contributed by atoms with van der Waals surface area (Å²) in [6.45, 7) is 4.35. The van der Waals surface area contributed by atoms with Crippen LogP contribution in [0.25, 0.3) is 0 Å². The van der Waals surface area contributed by atoms with Crippen molar-refractivity contribution in [3.8, 4) is 11.8 Å². The van der Waals surface area contributed by atoms with Crippen LogP contribution in [0.5, 0.6) is 5.75 Å². The first-order valence-corrected chi connectivity index (χ1v) is 9.99. The number of ether oxygens (including phenoxy) is 1. The molecule has 2 aromatic carbocycles. The fourth-order valence-electron chi connectivity index (χ4n) is 3.81. The van der Waals surface area contributed by atoms with Gasteiger partial charge in [0.25, 0.3) is 0 Å². The van der Waals surface area contributed by atoms with E-state index in [4.69, 9.17) is 4.74 Å². The molecule has 1 aliphatic rings. The summed E-state index contributed by atoms with van der Waals surface area (Å²) in [5.41, 5.74) is 2.76. The van der Waals surface area contributed by atoms with Gasteiger partial charge in [-0.2, -0.15) is 5.26 Å². The van der Waals surface area contributed by atoms with E-state index < -0.39 is 0 Å². The molecule has 0 N–H and O–H groups in total. The van der Waals surface area contributed by atoms with Gasteiger partial charge in [-0.15, -0.1) is 5.10 Å². The zero-order valence-electron chi connectivity index (χ0n) is 17.3. The molecule has 0 amide bonds. The van der Waals surface area contributed by atoms with Crippen LogP contribution in [0.4, 0.5) is 0 Å². The number of hydrogen-bond donors (Lipinski definition) is 0. The molecule has 1 fully saturated rings. The Morgan fingerprint density at radius 1 is 1.10 bits per heavy atom. The van der Waals surface area contributed by atoms with Gasteiger partial charge in [0.2, 0.25) is 0 Å². The van der Waals surface area contributed by atoms with E-state index in [1.54, 1.807) is 7.11 Å². The van der Waals surface area contributed by atoms with Crippen molar-refractivity contribution < 1.29 is 4.74 Å². The van der Waals surface area contributed by atoms with E-state index in [1.165, 1.54) is 0 Å². The second-order valence-corrected chi connectivity index (χ2v) is 7.52. The third-order valence-corrected chi connectivity index (χ3v) is 5.53. The lowest BCUT2D eigenvalue weighted by Crippen LogP contribution is -2.46. The van der Waals surface area contributed by atoms with E-state index in [0.717, 1.165) is 48.9 Å². The van der Waals surface area contributed by atoms with Crippen LogP contribution in [0.2, 0.25) is 0 Å². The highest BCUT2D eigenvalue weighted by molar-refractivity contribution is 5.36. The van der Waals surface area contributed by atoms with Crippen LogP contribution >= 0.6 is 0 Å². The second kappa shape index (κ2) is 9.03. The van der Waals surface area contributed by atoms with E-state index in [-0.39, 0.29) is 6.04 Å². The summed E-state index contributed by atoms with van der Waals surface area (Å²) in [6, 6.07) is 17.8. The van der Waals surface area contributed by atoms with Crippen LogP contribution in [0.15, 0.2) is 48.5 Å². The number of methoxy groups -OCH3 is 1. The lowest BCUT2D eigenvalue weighted by Gasteiger charge is -2.37. The third-order valence-electron chi connectivity index (χ3n) is 5.53. The fraction of sp³-hybridized carbons (Fsp3) is 0.364. The minimum absolute atomic E-state index is 0.111. The van der Waals surface area contributed by atoms with Crippen molar-refractivity contribution in [1.29, 1.82) is 5.26 Å². The Morgan fingerprint density at radius 3 is 2.57 bits per heavy atom. The molecular weight excluding hydrogens is 378 g/mol. The summed E-state index contributed by atoms with van der Waals surface area (Å²) in [6.07, 6.45) is 0. The molecule has 4 rings (SSSR count). The number of hydrogen-bond acceptors (Lipinski definition) is 7. The molecule has 1 aromatic heterocycles. The number of nitrogens with zero attached hydrogens (tertiary/aromatic N) is 7. The molecule has 8 nitrogen and oxygen atoms in total. The van der Waals surface area contributed by atoms with Crippen LogP contribution in [0.1, 0.15) is 28.6 Å². The fourth-order valence-corrected chi connectivity index (χ4v) is 3.81. The van der Waals surface area contributed by atoms with E-state index in [1.807, 2.05) is 47.1 Å². The van der Waals surface area contributed by atoms with Gasteiger partial charge >= 0.3 is 0 Å². The van der Waals surface area contributed by atoms with E-state index in [2.05, 4.69) is 44.5 Å². The lowest BCUT2D eigenvalue weighted by molar-refractivity contribution is 0.121. The standard InChI is InChI=1S/C22H25N7O/c1-27-10-12-28(13-11-27)21(19-5-3-4-18(14-19)15-23)22-24-25-26-29(22)16-17-6-8-20(30-2)9-7-17/h3-9,14,21H,10-13,16H2,1-2H3/t21-/m1/s1. The predicted octanol–water partition coefficient (Wildman–Crippen LogP) is 1.94. The van der Waals surface area contributed by atoms with Crippen molar-refractivity contribution in [2.45, 2.75) is 12.6 Å². The Balaban J connectivity index is 1.68. The maximum atomic E-state index is 9.39. The van der Waals surface area contributed by atoms with E-state index >= 15 is 0 Å². The molecule has 0 radical (unpaired) electrons. The number of tetrazole rings is 1. The van der Waals surface area contributed by atoms with Gasteiger partial charge in [0.15, 0.2) is 5.82 Å². The summed E-state index contributed by atoms with van der Waals surface area (Å²) in [5.74, 6) is 1.60. The molecule has 0 spiro atoms. The van der Waals surface area contributed by atoms with Crippen LogP contribution in [-0.4, -0.2) is 70.3 Å². The van der Waals surface area contributed by atoms with Crippen molar-refractivity contribution in [2.75, 3.05) is 40.3 Å². The van der Waals surface area contributed by atoms with E-state index in [0.29, 0.717) is 12.1 Å². The van der Waals surface area contributed by atoms with Crippen LogP contribution in [0, 0.1) is 11.3 Å². The second-order valence-electron chi connectivity index (χ2n) is 7.52. The molecule has 3 aromatic rings. The SMILES string of the molecule is COc1ccc(Cn2nnnc2[C@@H](c2cccc(C#N)c2)N2CCN(C)CC2)cc1. The molecule has 0 unspecified atom stereocenters. The number of rotatable bonds is 6. The highest BCUT2D eigenvalue weighted by Gasteiger charge is 2.30. The van der Waals surface area contributed by atoms with Gasteiger partial charge in [-0.1, -0.05) is 24.3 Å². The Morgan fingerprint density at radius 2 is 1.87 bits per heavy atom. The van der Waals surface area contributed by atoms with Gasteiger partial charge in [0.05, 0.1) is 31.3 Å². The average molecular weight is 403 g/mol. The van der Waals surface area contributed by atoms with Crippen molar-refractivity contribution in [1.82, 2.24) is 30.0 Å². The smallest absolute Gasteiger partial charge is 0.173 e. The molecule has 8 heteroatoms. The third kappa shape index (κ3) is 4.32. The summed E-state index contributed by atoms with van der Waals surface area (Å²) in [4.78, 5) is 4.71. The van der Waals surface area contributed by atoms with Crippen molar-refractivity contribution >= 4 is 0 Å². The van der Waals surface area contributed by atoms with Gasteiger partial charge in [0, 0.05) is 26.2 Å². The van der Waals surface area contributed by atoms with Crippen molar-refractivity contribution in [3.05, 3.63) is 71.0 Å². The lowest BCUT2D eigenvalue weighted by atomic mass is 10.0.